The van der Waals surface area contributed by atoms with Crippen molar-refractivity contribution in [2.24, 2.45) is 16.6 Å². The van der Waals surface area contributed by atoms with E-state index in [2.05, 4.69) is 9.89 Å². The van der Waals surface area contributed by atoms with Gasteiger partial charge in [-0.2, -0.15) is 0 Å². The first-order valence-corrected chi connectivity index (χ1v) is 6.86. The Labute approximate surface area is 104 Å². The van der Waals surface area contributed by atoms with Crippen LogP contribution in [0.1, 0.15) is 38.5 Å². The normalized spacial score (nSPS) is 27.7. The highest BCUT2D eigenvalue weighted by Gasteiger charge is 2.22. The van der Waals surface area contributed by atoms with E-state index in [1.807, 2.05) is 0 Å². The number of piperidine rings is 1. The van der Waals surface area contributed by atoms with Gasteiger partial charge in [0.1, 0.15) is 0 Å². The smallest absolute Gasteiger partial charge is 0.191 e. The van der Waals surface area contributed by atoms with E-state index in [0.717, 1.165) is 25.7 Å². The van der Waals surface area contributed by atoms with E-state index in [4.69, 9.17) is 10.5 Å². The summed E-state index contributed by atoms with van der Waals surface area (Å²) in [6, 6.07) is 0.484. The van der Waals surface area contributed by atoms with Crippen LogP contribution in [0.4, 0.5) is 0 Å². The molecule has 1 unspecified atom stereocenters. The van der Waals surface area contributed by atoms with Crippen LogP contribution in [0.5, 0.6) is 0 Å². The quantitative estimate of drug-likeness (QED) is 0.601. The fourth-order valence-electron chi connectivity index (χ4n) is 2.95. The van der Waals surface area contributed by atoms with Gasteiger partial charge >= 0.3 is 0 Å². The van der Waals surface area contributed by atoms with Crippen LogP contribution in [0.25, 0.3) is 0 Å². The van der Waals surface area contributed by atoms with E-state index < -0.39 is 0 Å². The molecule has 1 aliphatic heterocycles. The Kier molecular flexibility index (Phi) is 4.66. The predicted octanol–water partition coefficient (Wildman–Crippen LogP) is 1.60. The topological polar surface area (TPSA) is 50.9 Å². The molecule has 1 atom stereocenters. The fourth-order valence-corrected chi connectivity index (χ4v) is 2.95. The molecular formula is C13H25N3O. The van der Waals surface area contributed by atoms with Crippen LogP contribution < -0.4 is 5.73 Å². The van der Waals surface area contributed by atoms with Gasteiger partial charge in [0.05, 0.1) is 12.6 Å². The van der Waals surface area contributed by atoms with Gasteiger partial charge in [-0.25, -0.2) is 4.99 Å². The third kappa shape index (κ3) is 3.60. The van der Waals surface area contributed by atoms with Gasteiger partial charge in [0.25, 0.3) is 0 Å². The van der Waals surface area contributed by atoms with Crippen molar-refractivity contribution in [1.29, 1.82) is 0 Å². The lowest BCUT2D eigenvalue weighted by molar-refractivity contribution is 0.115. The summed E-state index contributed by atoms with van der Waals surface area (Å²) >= 11 is 0. The predicted molar refractivity (Wildman–Crippen MR) is 70.1 cm³/mol. The number of methoxy groups -OCH3 is 1. The van der Waals surface area contributed by atoms with Crippen LogP contribution in [0.2, 0.25) is 0 Å². The molecule has 0 radical (unpaired) electrons. The number of hydrogen-bond donors (Lipinski definition) is 1. The lowest BCUT2D eigenvalue weighted by Gasteiger charge is -2.33. The van der Waals surface area contributed by atoms with Crippen molar-refractivity contribution < 1.29 is 4.74 Å². The highest BCUT2D eigenvalue weighted by atomic mass is 16.5. The van der Waals surface area contributed by atoms with Crippen molar-refractivity contribution in [3.8, 4) is 0 Å². The summed E-state index contributed by atoms with van der Waals surface area (Å²) in [6.07, 6.45) is 7.52. The number of ether oxygens (including phenoxy) is 1. The fraction of sp³-hybridized carbons (Fsp3) is 0.923. The molecule has 1 saturated carbocycles. The van der Waals surface area contributed by atoms with Crippen molar-refractivity contribution in [1.82, 2.24) is 4.90 Å². The first-order valence-electron chi connectivity index (χ1n) is 6.86. The Morgan fingerprint density at radius 2 is 2.06 bits per heavy atom. The summed E-state index contributed by atoms with van der Waals surface area (Å²) in [5, 5.41) is 0. The van der Waals surface area contributed by atoms with E-state index in [-0.39, 0.29) is 0 Å². The molecule has 2 aliphatic rings. The number of rotatable bonds is 3. The summed E-state index contributed by atoms with van der Waals surface area (Å²) in [5.74, 6) is 1.38. The Hall–Kier alpha value is -0.770. The molecule has 1 aliphatic carbocycles. The molecule has 1 heterocycles. The molecule has 0 amide bonds. The van der Waals surface area contributed by atoms with E-state index in [1.54, 1.807) is 7.11 Å². The van der Waals surface area contributed by atoms with Crippen molar-refractivity contribution in [3.05, 3.63) is 0 Å². The number of guanidine groups is 1. The van der Waals surface area contributed by atoms with E-state index in [1.165, 1.54) is 38.5 Å². The largest absolute Gasteiger partial charge is 0.384 e. The zero-order chi connectivity index (χ0) is 12.1. The molecule has 0 aromatic heterocycles. The number of likely N-dealkylation sites (tertiary alicyclic amines) is 1. The van der Waals surface area contributed by atoms with Crippen LogP contribution in [0, 0.1) is 5.92 Å². The lowest BCUT2D eigenvalue weighted by Crippen LogP contribution is -2.45. The van der Waals surface area contributed by atoms with Crippen LogP contribution >= 0.6 is 0 Å². The summed E-state index contributed by atoms with van der Waals surface area (Å²) in [4.78, 5) is 6.92. The van der Waals surface area contributed by atoms with Crippen LogP contribution in [-0.2, 0) is 4.74 Å². The lowest BCUT2D eigenvalue weighted by atomic mass is 9.99. The first-order chi connectivity index (χ1) is 8.29. The summed E-state index contributed by atoms with van der Waals surface area (Å²) < 4.78 is 5.24. The minimum atomic E-state index is 0.484. The molecule has 2 rings (SSSR count). The number of aliphatic imine (C=N–C) groups is 1. The molecule has 2 N–H and O–H groups in total. The Morgan fingerprint density at radius 3 is 2.76 bits per heavy atom. The maximum Gasteiger partial charge on any atom is 0.191 e. The zero-order valence-electron chi connectivity index (χ0n) is 10.9. The summed E-state index contributed by atoms with van der Waals surface area (Å²) in [5.41, 5.74) is 6.12. The summed E-state index contributed by atoms with van der Waals surface area (Å²) in [6.45, 7) is 2.91. The third-order valence-electron chi connectivity index (χ3n) is 3.88. The van der Waals surface area contributed by atoms with Gasteiger partial charge < -0.3 is 15.4 Å². The number of nitrogens with two attached hydrogens (primary N) is 1. The SMILES string of the molecule is COCC1CCCN(C(N)=NC2CCCC2)C1. The summed E-state index contributed by atoms with van der Waals surface area (Å²) in [7, 11) is 1.77. The second-order valence-electron chi connectivity index (χ2n) is 5.34. The molecule has 4 nitrogen and oxygen atoms in total. The van der Waals surface area contributed by atoms with Crippen LogP contribution in [0.3, 0.4) is 0 Å². The van der Waals surface area contributed by atoms with Gasteiger partial charge in [0.15, 0.2) is 5.96 Å². The second kappa shape index (κ2) is 6.24. The van der Waals surface area contributed by atoms with E-state index >= 15 is 0 Å². The molecule has 0 spiro atoms. The van der Waals surface area contributed by atoms with Gasteiger partial charge in [0.2, 0.25) is 0 Å². The third-order valence-corrected chi connectivity index (χ3v) is 3.88. The standard InChI is InChI=1S/C13H25N3O/c1-17-10-11-5-4-8-16(9-11)13(14)15-12-6-2-3-7-12/h11-12H,2-10H2,1H3,(H2,14,15). The molecular weight excluding hydrogens is 214 g/mol. The second-order valence-corrected chi connectivity index (χ2v) is 5.34. The molecule has 98 valence electrons. The Bertz CT molecular complexity index is 259. The van der Waals surface area contributed by atoms with Gasteiger partial charge in [0, 0.05) is 20.2 Å². The average Bonchev–Trinajstić information content (AvgIpc) is 2.83. The highest BCUT2D eigenvalue weighted by Crippen LogP contribution is 2.22. The molecule has 0 bridgehead atoms. The minimum absolute atomic E-state index is 0.484. The monoisotopic (exact) mass is 239 g/mol. The van der Waals surface area contributed by atoms with Gasteiger partial charge in [-0.3, -0.25) is 0 Å². The van der Waals surface area contributed by atoms with Crippen LogP contribution in [0.15, 0.2) is 4.99 Å². The molecule has 0 aromatic rings. The molecule has 2 fully saturated rings. The van der Waals surface area contributed by atoms with Gasteiger partial charge in [-0.05, 0) is 31.6 Å². The zero-order valence-corrected chi connectivity index (χ0v) is 10.9. The van der Waals surface area contributed by atoms with E-state index in [0.29, 0.717) is 12.0 Å². The van der Waals surface area contributed by atoms with Crippen molar-refractivity contribution in [3.63, 3.8) is 0 Å². The first kappa shape index (κ1) is 12.7. The Morgan fingerprint density at radius 1 is 1.29 bits per heavy atom. The Balaban J connectivity index is 1.87. The highest BCUT2D eigenvalue weighted by molar-refractivity contribution is 5.78. The molecule has 4 heteroatoms. The average molecular weight is 239 g/mol. The maximum atomic E-state index is 6.12. The molecule has 0 aromatic carbocycles. The van der Waals surface area contributed by atoms with E-state index in [9.17, 15) is 0 Å². The van der Waals surface area contributed by atoms with Gasteiger partial charge in [-0.15, -0.1) is 0 Å². The van der Waals surface area contributed by atoms with Crippen molar-refractivity contribution in [2.45, 2.75) is 44.6 Å². The van der Waals surface area contributed by atoms with Crippen molar-refractivity contribution in [2.75, 3.05) is 26.8 Å². The maximum absolute atomic E-state index is 6.12. The number of nitrogens with zero attached hydrogens (tertiary/aromatic N) is 2. The number of hydrogen-bond acceptors (Lipinski definition) is 2. The minimum Gasteiger partial charge on any atom is -0.384 e. The van der Waals surface area contributed by atoms with Gasteiger partial charge in [-0.1, -0.05) is 12.8 Å². The molecule has 1 saturated heterocycles. The van der Waals surface area contributed by atoms with Crippen molar-refractivity contribution >= 4 is 5.96 Å². The molecule has 17 heavy (non-hydrogen) atoms. The van der Waals surface area contributed by atoms with Crippen LogP contribution in [-0.4, -0.2) is 43.7 Å².